The minimum absolute atomic E-state index is 0.297. The van der Waals surface area contributed by atoms with Crippen molar-refractivity contribution in [1.29, 1.82) is 0 Å². The van der Waals surface area contributed by atoms with Crippen molar-refractivity contribution in [3.8, 4) is 0 Å². The van der Waals surface area contributed by atoms with Crippen LogP contribution < -0.4 is 5.73 Å². The van der Waals surface area contributed by atoms with Crippen molar-refractivity contribution in [3.05, 3.63) is 0 Å². The quantitative estimate of drug-likeness (QED) is 0.628. The Morgan fingerprint density at radius 3 is 2.83 bits per heavy atom. The van der Waals surface area contributed by atoms with Crippen molar-refractivity contribution in [3.63, 3.8) is 0 Å². The van der Waals surface area contributed by atoms with Crippen molar-refractivity contribution in [2.45, 2.75) is 12.8 Å². The van der Waals surface area contributed by atoms with Crippen LogP contribution >= 0.6 is 0 Å². The average molecular weight is 173 g/mol. The highest BCUT2D eigenvalue weighted by Crippen LogP contribution is 1.99. The molecular formula is C8H16N2O2. The van der Waals surface area contributed by atoms with Gasteiger partial charge in [0.2, 0.25) is 5.91 Å². The van der Waals surface area contributed by atoms with E-state index in [4.69, 9.17) is 11.8 Å². The van der Waals surface area contributed by atoms with E-state index in [1.807, 2.05) is 4.90 Å². The van der Waals surface area contributed by atoms with E-state index in [-0.39, 0.29) is 12.4 Å². The predicted molar refractivity (Wildman–Crippen MR) is 45.7 cm³/mol. The second kappa shape index (κ2) is 5.11. The molecule has 0 aromatic carbocycles. The molecule has 12 heavy (non-hydrogen) atoms. The Morgan fingerprint density at radius 2 is 2.25 bits per heavy atom. The monoisotopic (exact) mass is 173 g/mol. The van der Waals surface area contributed by atoms with E-state index in [1.54, 1.807) is 0 Å². The van der Waals surface area contributed by atoms with Crippen LogP contribution in [-0.4, -0.2) is 43.6 Å². The van der Waals surface area contributed by atoms with Crippen molar-refractivity contribution in [2.75, 3.05) is 32.8 Å². The van der Waals surface area contributed by atoms with Gasteiger partial charge in [0.25, 0.3) is 0 Å². The number of rotatable bonds is 4. The van der Waals surface area contributed by atoms with Gasteiger partial charge in [0.1, 0.15) is 0 Å². The van der Waals surface area contributed by atoms with Gasteiger partial charge in [-0.25, -0.2) is 0 Å². The first-order valence-corrected chi connectivity index (χ1v) is 4.22. The van der Waals surface area contributed by atoms with Gasteiger partial charge in [0.05, 0.1) is 13.2 Å². The summed E-state index contributed by atoms with van der Waals surface area (Å²) in [4.78, 5) is 12.5. The molecule has 1 fully saturated rings. The third kappa shape index (κ3) is 3.69. The number of hydrogen-bond donors (Lipinski definition) is 1. The van der Waals surface area contributed by atoms with Crippen molar-refractivity contribution in [2.24, 2.45) is 5.73 Å². The summed E-state index contributed by atoms with van der Waals surface area (Å²) < 4.78 is 12.9. The number of primary amides is 1. The number of hydrogen-bond acceptors (Lipinski definition) is 3. The lowest BCUT2D eigenvalue weighted by molar-refractivity contribution is -0.118. The van der Waals surface area contributed by atoms with Crippen molar-refractivity contribution in [1.82, 2.24) is 4.90 Å². The van der Waals surface area contributed by atoms with Gasteiger partial charge in [-0.1, -0.05) is 0 Å². The van der Waals surface area contributed by atoms with E-state index < -0.39 is 0 Å². The van der Waals surface area contributed by atoms with Crippen molar-refractivity contribution < 1.29 is 10.9 Å². The van der Waals surface area contributed by atoms with Crippen LogP contribution in [0.15, 0.2) is 0 Å². The molecule has 2 N–H and O–H groups in total. The lowest BCUT2D eigenvalue weighted by Gasteiger charge is -2.26. The van der Waals surface area contributed by atoms with Crippen LogP contribution in [0.1, 0.15) is 14.2 Å². The summed E-state index contributed by atoms with van der Waals surface area (Å²) in [6.45, 7) is 2.63. The topological polar surface area (TPSA) is 55.6 Å². The Bertz CT molecular complexity index is 172. The van der Waals surface area contributed by atoms with Crippen LogP contribution in [-0.2, 0) is 9.53 Å². The van der Waals surface area contributed by atoms with Gasteiger partial charge in [-0.05, 0) is 12.9 Å². The van der Waals surface area contributed by atoms with Crippen LogP contribution in [0.25, 0.3) is 0 Å². The van der Waals surface area contributed by atoms with Crippen LogP contribution in [0, 0.1) is 0 Å². The van der Waals surface area contributed by atoms with Gasteiger partial charge in [-0.15, -0.1) is 0 Å². The Hall–Kier alpha value is -0.610. The molecular weight excluding hydrogens is 156 g/mol. The van der Waals surface area contributed by atoms with Crippen LogP contribution in [0.2, 0.25) is 0 Å². The van der Waals surface area contributed by atoms with Crippen LogP contribution in [0.4, 0.5) is 0 Å². The highest BCUT2D eigenvalue weighted by atomic mass is 16.5. The van der Waals surface area contributed by atoms with Gasteiger partial charge in [-0.3, -0.25) is 9.69 Å². The molecule has 1 unspecified atom stereocenters. The lowest BCUT2D eigenvalue weighted by atomic mass is 10.2. The zero-order valence-electron chi connectivity index (χ0n) is 8.16. The molecule has 0 aromatic rings. The number of nitrogens with two attached hydrogens (primary N) is 1. The number of carbonyl (C=O) groups is 1. The first kappa shape index (κ1) is 8.01. The molecule has 4 nitrogen and oxygen atoms in total. The van der Waals surface area contributed by atoms with Gasteiger partial charge in [0, 0.05) is 20.9 Å². The molecule has 1 rings (SSSR count). The summed E-state index contributed by atoms with van der Waals surface area (Å²) >= 11 is 0. The van der Waals surface area contributed by atoms with E-state index in [9.17, 15) is 4.79 Å². The van der Waals surface area contributed by atoms with E-state index in [0.29, 0.717) is 26.1 Å². The molecule has 1 amide bonds. The number of carbonyl (C=O) groups excluding carboxylic acids is 1. The smallest absolute Gasteiger partial charge is 0.217 e. The normalized spacial score (nSPS) is 23.2. The molecule has 1 saturated heterocycles. The fourth-order valence-corrected chi connectivity index (χ4v) is 1.15. The van der Waals surface area contributed by atoms with Gasteiger partial charge >= 0.3 is 0 Å². The Labute approximate surface area is 74.1 Å². The van der Waals surface area contributed by atoms with Crippen LogP contribution in [0.5, 0.6) is 0 Å². The zero-order valence-corrected chi connectivity index (χ0v) is 7.16. The largest absolute Gasteiger partial charge is 0.379 e. The summed E-state index contributed by atoms with van der Waals surface area (Å²) in [5.74, 6) is -0.328. The first-order chi connectivity index (χ1) is 6.20. The zero-order chi connectivity index (χ0) is 9.68. The molecule has 1 aliphatic heterocycles. The number of ether oxygens (including phenoxy) is 1. The second-order valence-corrected chi connectivity index (χ2v) is 2.84. The Morgan fingerprint density at radius 1 is 1.58 bits per heavy atom. The van der Waals surface area contributed by atoms with Crippen molar-refractivity contribution >= 4 is 5.91 Å². The van der Waals surface area contributed by atoms with E-state index in [0.717, 1.165) is 13.1 Å². The van der Waals surface area contributed by atoms with Crippen LogP contribution in [0.3, 0.4) is 0 Å². The van der Waals surface area contributed by atoms with E-state index >= 15 is 0 Å². The number of morpholine rings is 1. The summed E-state index contributed by atoms with van der Waals surface area (Å²) in [6, 6.07) is 0. The second-order valence-electron chi connectivity index (χ2n) is 2.84. The molecule has 0 saturated carbocycles. The highest BCUT2D eigenvalue weighted by molar-refractivity contribution is 5.73. The minimum atomic E-state index is -0.328. The molecule has 0 aromatic heterocycles. The molecule has 1 aliphatic rings. The molecule has 1 atom stereocenters. The third-order valence-corrected chi connectivity index (χ3v) is 1.82. The predicted octanol–water partition coefficient (Wildman–Crippen LogP) is -0.416. The standard InChI is InChI=1S/C8H16N2O2/c9-8(11)2-1-3-10-4-6-12-7-5-10/h1-7H2,(H2,9,11)/i3D. The molecule has 4 heteroatoms. The van der Waals surface area contributed by atoms with Gasteiger partial charge < -0.3 is 10.5 Å². The minimum Gasteiger partial charge on any atom is -0.379 e. The maximum absolute atomic E-state index is 10.5. The summed E-state index contributed by atoms with van der Waals surface area (Å²) in [6.07, 6.45) is 0.820. The maximum Gasteiger partial charge on any atom is 0.217 e. The van der Waals surface area contributed by atoms with E-state index in [2.05, 4.69) is 0 Å². The SMILES string of the molecule is [2H]C(CCC(N)=O)N1CCOCC1. The first-order valence-electron chi connectivity index (χ1n) is 4.80. The highest BCUT2D eigenvalue weighted by Gasteiger charge is 2.09. The molecule has 0 radical (unpaired) electrons. The summed E-state index contributed by atoms with van der Waals surface area (Å²) in [5.41, 5.74) is 5.00. The summed E-state index contributed by atoms with van der Waals surface area (Å²) in [7, 11) is 0. The Balaban J connectivity index is 2.20. The Kier molecular flexibility index (Phi) is 3.41. The fraction of sp³-hybridized carbons (Fsp3) is 0.875. The lowest BCUT2D eigenvalue weighted by Crippen LogP contribution is -2.37. The average Bonchev–Trinajstić information content (AvgIpc) is 2.15. The molecule has 1 heterocycles. The molecule has 0 bridgehead atoms. The van der Waals surface area contributed by atoms with E-state index in [1.165, 1.54) is 0 Å². The van der Waals surface area contributed by atoms with Gasteiger partial charge in [-0.2, -0.15) is 0 Å². The third-order valence-electron chi connectivity index (χ3n) is 1.82. The number of amides is 1. The maximum atomic E-state index is 10.5. The van der Waals surface area contributed by atoms with Gasteiger partial charge in [0.15, 0.2) is 0 Å². The number of nitrogens with zero attached hydrogens (tertiary/aromatic N) is 1. The molecule has 70 valence electrons. The molecule has 0 aliphatic carbocycles. The summed E-state index contributed by atoms with van der Waals surface area (Å²) in [5, 5.41) is 0. The fourth-order valence-electron chi connectivity index (χ4n) is 1.15. The molecule has 0 spiro atoms.